The van der Waals surface area contributed by atoms with Gasteiger partial charge in [-0.15, -0.1) is 0 Å². The smallest absolute Gasteiger partial charge is 0.149 e. The second-order valence-corrected chi connectivity index (χ2v) is 5.53. The standard InChI is InChI=1S/C14H23N5/c1-3-4-15-13-9-11(2)16-14(17-13)12-10-18-5-7-19(12)8-6-18/h9,12H,3-8,10H2,1-2H3,(H,15,16,17). The van der Waals surface area contributed by atoms with Gasteiger partial charge in [-0.25, -0.2) is 9.97 Å². The average molecular weight is 261 g/mol. The minimum atomic E-state index is 0.379. The molecule has 1 unspecified atom stereocenters. The van der Waals surface area contributed by atoms with Crippen molar-refractivity contribution in [3.05, 3.63) is 17.6 Å². The highest BCUT2D eigenvalue weighted by molar-refractivity contribution is 5.36. The predicted octanol–water partition coefficient (Wildman–Crippen LogP) is 1.28. The molecule has 0 radical (unpaired) electrons. The molecule has 5 nitrogen and oxygen atoms in total. The van der Waals surface area contributed by atoms with Crippen LogP contribution in [0.4, 0.5) is 5.82 Å². The van der Waals surface area contributed by atoms with Gasteiger partial charge in [0.05, 0.1) is 6.04 Å². The summed E-state index contributed by atoms with van der Waals surface area (Å²) in [6.45, 7) is 11.0. The molecule has 0 aliphatic carbocycles. The maximum absolute atomic E-state index is 4.72. The fourth-order valence-electron chi connectivity index (χ4n) is 2.95. The molecule has 2 bridgehead atoms. The van der Waals surface area contributed by atoms with Gasteiger partial charge in [-0.1, -0.05) is 6.92 Å². The molecular weight excluding hydrogens is 238 g/mol. The van der Waals surface area contributed by atoms with E-state index in [-0.39, 0.29) is 0 Å². The van der Waals surface area contributed by atoms with Crippen LogP contribution in [0.15, 0.2) is 6.07 Å². The molecule has 19 heavy (non-hydrogen) atoms. The summed E-state index contributed by atoms with van der Waals surface area (Å²) in [6, 6.07) is 2.42. The summed E-state index contributed by atoms with van der Waals surface area (Å²) in [5, 5.41) is 3.38. The molecule has 1 atom stereocenters. The van der Waals surface area contributed by atoms with Crippen LogP contribution in [0.5, 0.6) is 0 Å². The van der Waals surface area contributed by atoms with E-state index in [9.17, 15) is 0 Å². The number of anilines is 1. The molecule has 4 rings (SSSR count). The summed E-state index contributed by atoms with van der Waals surface area (Å²) in [7, 11) is 0. The molecule has 104 valence electrons. The average Bonchev–Trinajstić information content (AvgIpc) is 2.46. The van der Waals surface area contributed by atoms with Crippen molar-refractivity contribution in [3.8, 4) is 0 Å². The summed E-state index contributed by atoms with van der Waals surface area (Å²) in [6.07, 6.45) is 1.11. The zero-order valence-corrected chi connectivity index (χ0v) is 11.9. The summed E-state index contributed by atoms with van der Waals surface area (Å²) in [4.78, 5) is 14.4. The second kappa shape index (κ2) is 5.43. The van der Waals surface area contributed by atoms with Crippen molar-refractivity contribution in [3.63, 3.8) is 0 Å². The lowest BCUT2D eigenvalue weighted by atomic mass is 10.1. The van der Waals surface area contributed by atoms with Gasteiger partial charge in [-0.3, -0.25) is 9.80 Å². The highest BCUT2D eigenvalue weighted by atomic mass is 15.4. The van der Waals surface area contributed by atoms with Crippen LogP contribution in [-0.4, -0.2) is 59.0 Å². The molecule has 4 heterocycles. The Balaban J connectivity index is 1.81. The molecule has 0 aromatic carbocycles. The van der Waals surface area contributed by atoms with Gasteiger partial charge < -0.3 is 5.32 Å². The minimum Gasteiger partial charge on any atom is -0.370 e. The van der Waals surface area contributed by atoms with Crippen LogP contribution in [0.1, 0.15) is 30.9 Å². The highest BCUT2D eigenvalue weighted by Gasteiger charge is 2.34. The number of piperazine rings is 3. The molecule has 3 saturated heterocycles. The summed E-state index contributed by atoms with van der Waals surface area (Å²) >= 11 is 0. The van der Waals surface area contributed by atoms with E-state index in [0.717, 1.165) is 49.9 Å². The number of nitrogens with zero attached hydrogens (tertiary/aromatic N) is 4. The highest BCUT2D eigenvalue weighted by Crippen LogP contribution is 2.27. The van der Waals surface area contributed by atoms with Crippen LogP contribution < -0.4 is 5.32 Å². The molecule has 1 N–H and O–H groups in total. The van der Waals surface area contributed by atoms with Crippen LogP contribution in [0.2, 0.25) is 0 Å². The molecule has 3 aliphatic heterocycles. The Morgan fingerprint density at radius 1 is 1.26 bits per heavy atom. The Bertz CT molecular complexity index is 439. The van der Waals surface area contributed by atoms with Crippen molar-refractivity contribution in [2.24, 2.45) is 0 Å². The third-order valence-electron chi connectivity index (χ3n) is 4.00. The number of aryl methyl sites for hydroxylation is 1. The van der Waals surface area contributed by atoms with E-state index in [4.69, 9.17) is 4.98 Å². The van der Waals surface area contributed by atoms with E-state index in [1.165, 1.54) is 13.1 Å². The Labute approximate surface area is 115 Å². The number of rotatable bonds is 4. The third kappa shape index (κ3) is 2.72. The zero-order valence-electron chi connectivity index (χ0n) is 11.9. The van der Waals surface area contributed by atoms with Crippen LogP contribution in [0.3, 0.4) is 0 Å². The maximum Gasteiger partial charge on any atom is 0.149 e. The van der Waals surface area contributed by atoms with Gasteiger partial charge in [0.15, 0.2) is 0 Å². The lowest BCUT2D eigenvalue weighted by Gasteiger charge is -2.46. The Morgan fingerprint density at radius 2 is 2.05 bits per heavy atom. The molecule has 5 heteroatoms. The first kappa shape index (κ1) is 12.8. The maximum atomic E-state index is 4.72. The Kier molecular flexibility index (Phi) is 3.66. The van der Waals surface area contributed by atoms with Gasteiger partial charge in [-0.05, 0) is 13.3 Å². The van der Waals surface area contributed by atoms with Crippen LogP contribution >= 0.6 is 0 Å². The van der Waals surface area contributed by atoms with Crippen molar-refractivity contribution < 1.29 is 0 Å². The zero-order chi connectivity index (χ0) is 13.2. The normalized spacial score (nSPS) is 29.5. The van der Waals surface area contributed by atoms with E-state index in [1.54, 1.807) is 0 Å². The van der Waals surface area contributed by atoms with Crippen molar-refractivity contribution in [2.75, 3.05) is 44.6 Å². The number of nitrogens with one attached hydrogen (secondary N) is 1. The first-order chi connectivity index (χ1) is 9.26. The monoisotopic (exact) mass is 261 g/mol. The van der Waals surface area contributed by atoms with Gasteiger partial charge in [0.25, 0.3) is 0 Å². The quantitative estimate of drug-likeness (QED) is 0.884. The fourth-order valence-corrected chi connectivity index (χ4v) is 2.95. The van der Waals surface area contributed by atoms with E-state index in [1.807, 2.05) is 6.07 Å². The van der Waals surface area contributed by atoms with Gasteiger partial charge >= 0.3 is 0 Å². The van der Waals surface area contributed by atoms with Gasteiger partial charge in [0.1, 0.15) is 11.6 Å². The van der Waals surface area contributed by atoms with Gasteiger partial charge in [0.2, 0.25) is 0 Å². The second-order valence-electron chi connectivity index (χ2n) is 5.53. The number of hydrogen-bond acceptors (Lipinski definition) is 5. The Hall–Kier alpha value is -1.20. The fraction of sp³-hybridized carbons (Fsp3) is 0.714. The van der Waals surface area contributed by atoms with E-state index in [0.29, 0.717) is 6.04 Å². The van der Waals surface area contributed by atoms with Crippen molar-refractivity contribution in [1.82, 2.24) is 19.8 Å². The van der Waals surface area contributed by atoms with Crippen LogP contribution in [-0.2, 0) is 0 Å². The van der Waals surface area contributed by atoms with E-state index >= 15 is 0 Å². The van der Waals surface area contributed by atoms with Crippen molar-refractivity contribution in [2.45, 2.75) is 26.3 Å². The Morgan fingerprint density at radius 3 is 2.68 bits per heavy atom. The topological polar surface area (TPSA) is 44.3 Å². The molecule has 3 fully saturated rings. The lowest BCUT2D eigenvalue weighted by Crippen LogP contribution is -2.57. The van der Waals surface area contributed by atoms with Crippen molar-refractivity contribution >= 4 is 5.82 Å². The lowest BCUT2D eigenvalue weighted by molar-refractivity contribution is 0.00864. The molecule has 1 aromatic heterocycles. The molecule has 1 aromatic rings. The predicted molar refractivity (Wildman–Crippen MR) is 76.3 cm³/mol. The van der Waals surface area contributed by atoms with Crippen LogP contribution in [0.25, 0.3) is 0 Å². The van der Waals surface area contributed by atoms with Gasteiger partial charge in [-0.2, -0.15) is 0 Å². The third-order valence-corrected chi connectivity index (χ3v) is 4.00. The SMILES string of the molecule is CCCNc1cc(C)nc(C2CN3CCN2CC3)n1. The van der Waals surface area contributed by atoms with Gasteiger partial charge in [0, 0.05) is 51.0 Å². The number of hydrogen-bond donors (Lipinski definition) is 1. The molecule has 0 amide bonds. The largest absolute Gasteiger partial charge is 0.370 e. The number of aromatic nitrogens is 2. The molecular formula is C14H23N5. The van der Waals surface area contributed by atoms with E-state index in [2.05, 4.69) is 33.9 Å². The summed E-state index contributed by atoms with van der Waals surface area (Å²) in [5.74, 6) is 1.96. The molecule has 0 spiro atoms. The first-order valence-corrected chi connectivity index (χ1v) is 7.32. The van der Waals surface area contributed by atoms with Crippen LogP contribution in [0, 0.1) is 6.92 Å². The summed E-state index contributed by atoms with van der Waals surface area (Å²) in [5.41, 5.74) is 1.06. The molecule has 0 saturated carbocycles. The summed E-state index contributed by atoms with van der Waals surface area (Å²) < 4.78 is 0. The minimum absolute atomic E-state index is 0.379. The van der Waals surface area contributed by atoms with Crippen molar-refractivity contribution in [1.29, 1.82) is 0 Å². The number of fused-ring (bicyclic) bond motifs is 3. The first-order valence-electron chi connectivity index (χ1n) is 7.32. The molecule has 3 aliphatic rings. The van der Waals surface area contributed by atoms with E-state index < -0.39 is 0 Å².